The zero-order chi connectivity index (χ0) is 18.0. The number of ether oxygens (including phenoxy) is 1. The van der Waals surface area contributed by atoms with E-state index in [1.54, 1.807) is 19.9 Å². The van der Waals surface area contributed by atoms with Crippen molar-refractivity contribution in [1.82, 2.24) is 10.6 Å². The highest BCUT2D eigenvalue weighted by molar-refractivity contribution is 7.12. The van der Waals surface area contributed by atoms with Gasteiger partial charge in [-0.05, 0) is 49.4 Å². The summed E-state index contributed by atoms with van der Waals surface area (Å²) >= 11 is 1.35. The lowest BCUT2D eigenvalue weighted by molar-refractivity contribution is -0.126. The van der Waals surface area contributed by atoms with E-state index in [1.807, 2.05) is 30.5 Å². The van der Waals surface area contributed by atoms with Crippen LogP contribution < -0.4 is 15.4 Å². The molecular weight excluding hydrogens is 336 g/mol. The Hall–Kier alpha value is -2.34. The van der Waals surface area contributed by atoms with Gasteiger partial charge in [0.05, 0.1) is 4.88 Å². The molecule has 3 rings (SSSR count). The van der Waals surface area contributed by atoms with Gasteiger partial charge in [-0.1, -0.05) is 18.2 Å². The maximum atomic E-state index is 12.5. The van der Waals surface area contributed by atoms with E-state index in [1.165, 1.54) is 16.9 Å². The van der Waals surface area contributed by atoms with E-state index in [2.05, 4.69) is 16.7 Å². The minimum absolute atomic E-state index is 0.200. The SMILES string of the molecule is C[C@@H]1Cc2cc(CNC(=O)C(C)(C)NC(=O)c3cccs3)ccc2O1. The quantitative estimate of drug-likeness (QED) is 0.864. The monoisotopic (exact) mass is 358 g/mol. The Labute approximate surface area is 151 Å². The summed E-state index contributed by atoms with van der Waals surface area (Å²) in [5.74, 6) is 0.465. The number of thiophene rings is 1. The molecule has 0 bridgehead atoms. The summed E-state index contributed by atoms with van der Waals surface area (Å²) in [5, 5.41) is 7.52. The van der Waals surface area contributed by atoms with E-state index in [4.69, 9.17) is 4.74 Å². The molecule has 1 aromatic heterocycles. The maximum Gasteiger partial charge on any atom is 0.262 e. The molecule has 2 heterocycles. The summed E-state index contributed by atoms with van der Waals surface area (Å²) in [4.78, 5) is 25.2. The normalized spacial score (nSPS) is 16.0. The molecular formula is C19H22N2O3S. The van der Waals surface area contributed by atoms with Gasteiger partial charge in [-0.25, -0.2) is 0 Å². The molecule has 1 atom stereocenters. The number of hydrogen-bond acceptors (Lipinski definition) is 4. The van der Waals surface area contributed by atoms with E-state index in [-0.39, 0.29) is 17.9 Å². The number of hydrogen-bond donors (Lipinski definition) is 2. The molecule has 1 aliphatic heterocycles. The molecule has 132 valence electrons. The number of benzene rings is 1. The topological polar surface area (TPSA) is 67.4 Å². The van der Waals surface area contributed by atoms with Crippen LogP contribution in [0.15, 0.2) is 35.7 Å². The van der Waals surface area contributed by atoms with Crippen LogP contribution in [0.25, 0.3) is 0 Å². The van der Waals surface area contributed by atoms with Crippen molar-refractivity contribution in [3.8, 4) is 5.75 Å². The molecule has 0 radical (unpaired) electrons. The molecule has 0 fully saturated rings. The first-order valence-corrected chi connectivity index (χ1v) is 9.16. The van der Waals surface area contributed by atoms with Crippen molar-refractivity contribution in [3.05, 3.63) is 51.7 Å². The first-order chi connectivity index (χ1) is 11.8. The lowest BCUT2D eigenvalue weighted by Crippen LogP contribution is -2.54. The summed E-state index contributed by atoms with van der Waals surface area (Å²) in [6.07, 6.45) is 1.09. The zero-order valence-electron chi connectivity index (χ0n) is 14.6. The Kier molecular flexibility index (Phi) is 4.81. The highest BCUT2D eigenvalue weighted by Gasteiger charge is 2.30. The van der Waals surface area contributed by atoms with Crippen molar-refractivity contribution in [2.45, 2.75) is 45.4 Å². The van der Waals surface area contributed by atoms with Gasteiger partial charge in [-0.3, -0.25) is 9.59 Å². The van der Waals surface area contributed by atoms with E-state index in [0.717, 1.165) is 17.7 Å². The van der Waals surface area contributed by atoms with Crippen LogP contribution in [0.4, 0.5) is 0 Å². The van der Waals surface area contributed by atoms with Crippen molar-refractivity contribution in [2.75, 3.05) is 0 Å². The third-order valence-electron chi connectivity index (χ3n) is 4.15. The number of nitrogens with one attached hydrogen (secondary N) is 2. The molecule has 0 spiro atoms. The lowest BCUT2D eigenvalue weighted by Gasteiger charge is -2.25. The van der Waals surface area contributed by atoms with Crippen LogP contribution >= 0.6 is 11.3 Å². The van der Waals surface area contributed by atoms with Crippen LogP contribution in [-0.4, -0.2) is 23.5 Å². The standard InChI is InChI=1S/C19H22N2O3S/c1-12-9-14-10-13(6-7-15(14)24-12)11-20-18(23)19(2,3)21-17(22)16-5-4-8-25-16/h4-8,10,12H,9,11H2,1-3H3,(H,20,23)(H,21,22)/t12-/m1/s1. The Bertz CT molecular complexity index is 784. The van der Waals surface area contributed by atoms with Gasteiger partial charge >= 0.3 is 0 Å². The average molecular weight is 358 g/mol. The molecule has 0 saturated carbocycles. The van der Waals surface area contributed by atoms with Gasteiger partial charge in [0, 0.05) is 13.0 Å². The molecule has 2 N–H and O–H groups in total. The van der Waals surface area contributed by atoms with Gasteiger partial charge < -0.3 is 15.4 Å². The smallest absolute Gasteiger partial charge is 0.262 e. The van der Waals surface area contributed by atoms with Gasteiger partial charge in [-0.15, -0.1) is 11.3 Å². The Morgan fingerprint density at radius 1 is 1.32 bits per heavy atom. The average Bonchev–Trinajstić information content (AvgIpc) is 3.20. The van der Waals surface area contributed by atoms with Gasteiger partial charge in [-0.2, -0.15) is 0 Å². The molecule has 0 aliphatic carbocycles. The summed E-state index contributed by atoms with van der Waals surface area (Å²) in [7, 11) is 0. The van der Waals surface area contributed by atoms with E-state index in [0.29, 0.717) is 11.4 Å². The third-order valence-corrected chi connectivity index (χ3v) is 5.02. The highest BCUT2D eigenvalue weighted by Crippen LogP contribution is 2.29. The number of carbonyl (C=O) groups is 2. The molecule has 6 heteroatoms. The van der Waals surface area contributed by atoms with Crippen molar-refractivity contribution < 1.29 is 14.3 Å². The molecule has 1 aliphatic rings. The fraction of sp³-hybridized carbons (Fsp3) is 0.368. The molecule has 2 amide bonds. The van der Waals surface area contributed by atoms with Crippen LogP contribution in [0, 0.1) is 0 Å². The number of fused-ring (bicyclic) bond motifs is 1. The Balaban J connectivity index is 1.58. The van der Waals surface area contributed by atoms with Crippen LogP contribution in [-0.2, 0) is 17.8 Å². The molecule has 25 heavy (non-hydrogen) atoms. The van der Waals surface area contributed by atoms with E-state index < -0.39 is 5.54 Å². The van der Waals surface area contributed by atoms with Gasteiger partial charge in [0.1, 0.15) is 17.4 Å². The van der Waals surface area contributed by atoms with Crippen LogP contribution in [0.1, 0.15) is 41.6 Å². The number of carbonyl (C=O) groups excluding carboxylic acids is 2. The summed E-state index contributed by atoms with van der Waals surface area (Å²) < 4.78 is 5.69. The van der Waals surface area contributed by atoms with Gasteiger partial charge in [0.25, 0.3) is 5.91 Å². The van der Waals surface area contributed by atoms with Crippen LogP contribution in [0.5, 0.6) is 5.75 Å². The molecule has 2 aromatic rings. The second-order valence-electron chi connectivity index (χ2n) is 6.81. The minimum atomic E-state index is -0.991. The van der Waals surface area contributed by atoms with Crippen molar-refractivity contribution in [3.63, 3.8) is 0 Å². The Morgan fingerprint density at radius 3 is 2.84 bits per heavy atom. The highest BCUT2D eigenvalue weighted by atomic mass is 32.1. The number of rotatable bonds is 5. The molecule has 1 aromatic carbocycles. The van der Waals surface area contributed by atoms with Gasteiger partial charge in [0.15, 0.2) is 0 Å². The summed E-state index contributed by atoms with van der Waals surface area (Å²) in [6.45, 7) is 5.86. The second kappa shape index (κ2) is 6.88. The van der Waals surface area contributed by atoms with Crippen molar-refractivity contribution in [1.29, 1.82) is 0 Å². The predicted octanol–water partition coefficient (Wildman–Crippen LogP) is 2.90. The zero-order valence-corrected chi connectivity index (χ0v) is 15.4. The van der Waals surface area contributed by atoms with Crippen molar-refractivity contribution >= 4 is 23.2 Å². The molecule has 0 saturated heterocycles. The first kappa shape index (κ1) is 17.5. The van der Waals surface area contributed by atoms with E-state index >= 15 is 0 Å². The summed E-state index contributed by atoms with van der Waals surface area (Å²) in [5.41, 5.74) is 1.20. The molecule has 0 unspecified atom stereocenters. The van der Waals surface area contributed by atoms with Crippen molar-refractivity contribution in [2.24, 2.45) is 0 Å². The predicted molar refractivity (Wildman–Crippen MR) is 97.9 cm³/mol. The van der Waals surface area contributed by atoms with E-state index in [9.17, 15) is 9.59 Å². The first-order valence-electron chi connectivity index (χ1n) is 8.28. The van der Waals surface area contributed by atoms with Crippen LogP contribution in [0.3, 0.4) is 0 Å². The maximum absolute atomic E-state index is 12.5. The molecule has 5 nitrogen and oxygen atoms in total. The number of amides is 2. The fourth-order valence-electron chi connectivity index (χ4n) is 2.80. The van der Waals surface area contributed by atoms with Crippen LogP contribution in [0.2, 0.25) is 0 Å². The third kappa shape index (κ3) is 4.02. The lowest BCUT2D eigenvalue weighted by atomic mass is 10.0. The minimum Gasteiger partial charge on any atom is -0.490 e. The second-order valence-corrected chi connectivity index (χ2v) is 7.76. The summed E-state index contributed by atoms with van der Waals surface area (Å²) in [6, 6.07) is 9.52. The largest absolute Gasteiger partial charge is 0.490 e. The van der Waals surface area contributed by atoms with Gasteiger partial charge in [0.2, 0.25) is 5.91 Å². The Morgan fingerprint density at radius 2 is 2.12 bits per heavy atom. The fourth-order valence-corrected chi connectivity index (χ4v) is 3.42.